The molecule has 0 saturated carbocycles. The van der Waals surface area contributed by atoms with E-state index in [0.29, 0.717) is 6.54 Å². The van der Waals surface area contributed by atoms with Gasteiger partial charge in [0.15, 0.2) is 0 Å². The Labute approximate surface area is 115 Å². The van der Waals surface area contributed by atoms with Gasteiger partial charge in [-0.25, -0.2) is 0 Å². The van der Waals surface area contributed by atoms with Gasteiger partial charge in [-0.1, -0.05) is 12.1 Å². The molecule has 0 spiro atoms. The summed E-state index contributed by atoms with van der Waals surface area (Å²) in [4.78, 5) is 2.18. The van der Waals surface area contributed by atoms with Crippen LogP contribution in [0.2, 0.25) is 0 Å². The number of hydrogen-bond acceptors (Lipinski definition) is 3. The van der Waals surface area contributed by atoms with E-state index in [9.17, 15) is 13.2 Å². The SMILES string of the molecule is Cl.N[C@H]1CCN(Cc2ccc(OC(F)(F)F)cc2)C1. The first-order valence-electron chi connectivity index (χ1n) is 5.75. The molecule has 7 heteroatoms. The Morgan fingerprint density at radius 1 is 1.26 bits per heavy atom. The molecule has 1 fully saturated rings. The molecule has 2 N–H and O–H groups in total. The Balaban J connectivity index is 0.00000180. The second-order valence-corrected chi connectivity index (χ2v) is 4.48. The van der Waals surface area contributed by atoms with Crippen molar-refractivity contribution in [2.45, 2.75) is 25.4 Å². The van der Waals surface area contributed by atoms with Gasteiger partial charge in [0.05, 0.1) is 0 Å². The van der Waals surface area contributed by atoms with E-state index in [1.807, 2.05) is 0 Å². The molecule has 0 aromatic heterocycles. The Bertz CT molecular complexity index is 397. The molecule has 0 radical (unpaired) electrons. The zero-order valence-electron chi connectivity index (χ0n) is 10.2. The summed E-state index contributed by atoms with van der Waals surface area (Å²) in [7, 11) is 0. The monoisotopic (exact) mass is 296 g/mol. The number of likely N-dealkylation sites (tertiary alicyclic amines) is 1. The Hall–Kier alpha value is -0.980. The molecule has 1 atom stereocenters. The molecule has 1 aliphatic rings. The highest BCUT2D eigenvalue weighted by molar-refractivity contribution is 5.85. The molecular formula is C12H16ClF3N2O. The predicted octanol–water partition coefficient (Wildman–Crippen LogP) is 2.54. The van der Waals surface area contributed by atoms with Crippen LogP contribution in [0.1, 0.15) is 12.0 Å². The summed E-state index contributed by atoms with van der Waals surface area (Å²) in [5.41, 5.74) is 6.74. The van der Waals surface area contributed by atoms with Crippen LogP contribution < -0.4 is 10.5 Å². The standard InChI is InChI=1S/C12H15F3N2O.ClH/c13-12(14,15)18-11-3-1-9(2-4-11)7-17-6-5-10(16)8-17;/h1-4,10H,5-8,16H2;1H/t10-;/m0./s1. The third kappa shape index (κ3) is 5.26. The van der Waals surface area contributed by atoms with Crippen molar-refractivity contribution >= 4 is 12.4 Å². The van der Waals surface area contributed by atoms with Crippen molar-refractivity contribution in [3.63, 3.8) is 0 Å². The van der Waals surface area contributed by atoms with Crippen LogP contribution in [0.4, 0.5) is 13.2 Å². The molecule has 1 heterocycles. The van der Waals surface area contributed by atoms with E-state index in [-0.39, 0.29) is 24.2 Å². The molecule has 0 unspecified atom stereocenters. The molecule has 1 aliphatic heterocycles. The average Bonchev–Trinajstić information content (AvgIpc) is 2.65. The van der Waals surface area contributed by atoms with E-state index in [0.717, 1.165) is 25.1 Å². The summed E-state index contributed by atoms with van der Waals surface area (Å²) in [5, 5.41) is 0. The van der Waals surface area contributed by atoms with Gasteiger partial charge in [0, 0.05) is 25.7 Å². The Morgan fingerprint density at radius 3 is 2.37 bits per heavy atom. The van der Waals surface area contributed by atoms with Gasteiger partial charge < -0.3 is 10.5 Å². The molecule has 2 rings (SSSR count). The molecule has 0 amide bonds. The number of benzene rings is 1. The van der Waals surface area contributed by atoms with Gasteiger partial charge in [0.2, 0.25) is 0 Å². The fourth-order valence-corrected chi connectivity index (χ4v) is 2.06. The summed E-state index contributed by atoms with van der Waals surface area (Å²) in [5.74, 6) is -0.190. The summed E-state index contributed by atoms with van der Waals surface area (Å²) in [6.07, 6.45) is -3.67. The van der Waals surface area contributed by atoms with Crippen LogP contribution in [-0.2, 0) is 6.54 Å². The summed E-state index contributed by atoms with van der Waals surface area (Å²) in [6.45, 7) is 2.47. The van der Waals surface area contributed by atoms with E-state index < -0.39 is 6.36 Å². The third-order valence-electron chi connectivity index (χ3n) is 2.87. The van der Waals surface area contributed by atoms with Crippen molar-refractivity contribution in [1.82, 2.24) is 4.90 Å². The molecule has 1 saturated heterocycles. The van der Waals surface area contributed by atoms with Crippen molar-refractivity contribution in [2.24, 2.45) is 5.73 Å². The minimum Gasteiger partial charge on any atom is -0.406 e. The highest BCUT2D eigenvalue weighted by atomic mass is 35.5. The number of alkyl halides is 3. The summed E-state index contributed by atoms with van der Waals surface area (Å²) in [6, 6.07) is 6.16. The first kappa shape index (κ1) is 16.1. The fraction of sp³-hybridized carbons (Fsp3) is 0.500. The minimum absolute atomic E-state index is 0. The predicted molar refractivity (Wildman–Crippen MR) is 68.2 cm³/mol. The van der Waals surface area contributed by atoms with E-state index in [1.54, 1.807) is 12.1 Å². The highest BCUT2D eigenvalue weighted by Crippen LogP contribution is 2.23. The molecule has 3 nitrogen and oxygen atoms in total. The van der Waals surface area contributed by atoms with E-state index >= 15 is 0 Å². The molecule has 0 bridgehead atoms. The zero-order valence-corrected chi connectivity index (χ0v) is 11.0. The van der Waals surface area contributed by atoms with Crippen LogP contribution in [-0.4, -0.2) is 30.4 Å². The number of nitrogens with two attached hydrogens (primary N) is 1. The van der Waals surface area contributed by atoms with Crippen molar-refractivity contribution in [1.29, 1.82) is 0 Å². The van der Waals surface area contributed by atoms with Crippen molar-refractivity contribution in [3.8, 4) is 5.75 Å². The lowest BCUT2D eigenvalue weighted by atomic mass is 10.2. The maximum atomic E-state index is 12.0. The largest absolute Gasteiger partial charge is 0.573 e. The fourth-order valence-electron chi connectivity index (χ4n) is 2.06. The van der Waals surface area contributed by atoms with Crippen molar-refractivity contribution < 1.29 is 17.9 Å². The Kier molecular flexibility index (Phi) is 5.46. The van der Waals surface area contributed by atoms with Crippen molar-refractivity contribution in [3.05, 3.63) is 29.8 Å². The quantitative estimate of drug-likeness (QED) is 0.931. The number of nitrogens with zero attached hydrogens (tertiary/aromatic N) is 1. The lowest BCUT2D eigenvalue weighted by Crippen LogP contribution is -2.26. The van der Waals surface area contributed by atoms with Crippen LogP contribution in [0.15, 0.2) is 24.3 Å². The average molecular weight is 297 g/mol. The van der Waals surface area contributed by atoms with Crippen LogP contribution in [0.5, 0.6) is 5.75 Å². The second-order valence-electron chi connectivity index (χ2n) is 4.48. The van der Waals surface area contributed by atoms with Crippen molar-refractivity contribution in [2.75, 3.05) is 13.1 Å². The maximum absolute atomic E-state index is 12.0. The summed E-state index contributed by atoms with van der Waals surface area (Å²) >= 11 is 0. The topological polar surface area (TPSA) is 38.5 Å². The molecule has 0 aliphatic carbocycles. The number of hydrogen-bond donors (Lipinski definition) is 1. The first-order chi connectivity index (χ1) is 8.42. The second kappa shape index (κ2) is 6.45. The van der Waals surface area contributed by atoms with Crippen LogP contribution in [0.25, 0.3) is 0 Å². The Morgan fingerprint density at radius 2 is 1.89 bits per heavy atom. The van der Waals surface area contributed by atoms with Gasteiger partial charge in [-0.3, -0.25) is 4.90 Å². The lowest BCUT2D eigenvalue weighted by molar-refractivity contribution is -0.274. The van der Waals surface area contributed by atoms with Gasteiger partial charge >= 0.3 is 6.36 Å². The lowest BCUT2D eigenvalue weighted by Gasteiger charge is -2.15. The maximum Gasteiger partial charge on any atom is 0.573 e. The minimum atomic E-state index is -4.64. The van der Waals surface area contributed by atoms with Gasteiger partial charge in [-0.2, -0.15) is 0 Å². The number of halogens is 4. The van der Waals surface area contributed by atoms with E-state index in [1.165, 1.54) is 12.1 Å². The van der Waals surface area contributed by atoms with E-state index in [2.05, 4.69) is 9.64 Å². The first-order valence-corrected chi connectivity index (χ1v) is 5.75. The normalized spacial score (nSPS) is 20.1. The molecule has 1 aromatic carbocycles. The number of rotatable bonds is 3. The van der Waals surface area contributed by atoms with Gasteiger partial charge in [-0.05, 0) is 24.1 Å². The van der Waals surface area contributed by atoms with Crippen LogP contribution >= 0.6 is 12.4 Å². The smallest absolute Gasteiger partial charge is 0.406 e. The molecule has 1 aromatic rings. The zero-order chi connectivity index (χ0) is 13.2. The molecule has 19 heavy (non-hydrogen) atoms. The number of ether oxygens (including phenoxy) is 1. The van der Waals surface area contributed by atoms with Gasteiger partial charge in [-0.15, -0.1) is 25.6 Å². The van der Waals surface area contributed by atoms with Gasteiger partial charge in [0.1, 0.15) is 5.75 Å². The third-order valence-corrected chi connectivity index (χ3v) is 2.87. The van der Waals surface area contributed by atoms with Crippen LogP contribution in [0.3, 0.4) is 0 Å². The molecule has 108 valence electrons. The van der Waals surface area contributed by atoms with E-state index in [4.69, 9.17) is 5.73 Å². The van der Waals surface area contributed by atoms with Gasteiger partial charge in [0.25, 0.3) is 0 Å². The van der Waals surface area contributed by atoms with Crippen LogP contribution in [0, 0.1) is 0 Å². The molecular weight excluding hydrogens is 281 g/mol. The summed E-state index contributed by atoms with van der Waals surface area (Å²) < 4.78 is 39.7. The highest BCUT2D eigenvalue weighted by Gasteiger charge is 2.31.